The van der Waals surface area contributed by atoms with E-state index in [1.54, 1.807) is 7.11 Å². The number of nitrogens with one attached hydrogen (secondary N) is 1. The molecule has 0 heterocycles. The van der Waals surface area contributed by atoms with Crippen molar-refractivity contribution >= 4 is 5.91 Å². The van der Waals surface area contributed by atoms with Crippen LogP contribution in [0.15, 0.2) is 24.3 Å². The van der Waals surface area contributed by atoms with Gasteiger partial charge in [-0.2, -0.15) is 0 Å². The van der Waals surface area contributed by atoms with Gasteiger partial charge in [-0.15, -0.1) is 0 Å². The van der Waals surface area contributed by atoms with E-state index in [0.717, 1.165) is 25.0 Å². The minimum absolute atomic E-state index is 0.0222. The fourth-order valence-corrected chi connectivity index (χ4v) is 1.92. The summed E-state index contributed by atoms with van der Waals surface area (Å²) >= 11 is 0. The van der Waals surface area contributed by atoms with Gasteiger partial charge in [-0.3, -0.25) is 4.79 Å². The summed E-state index contributed by atoms with van der Waals surface area (Å²) in [7, 11) is 1.65. The van der Waals surface area contributed by atoms with Crippen LogP contribution in [-0.2, 0) is 11.2 Å². The Morgan fingerprint density at radius 1 is 1.37 bits per heavy atom. The van der Waals surface area contributed by atoms with Crippen LogP contribution in [0.5, 0.6) is 5.75 Å². The molecule has 106 valence electrons. The number of carbonyl (C=O) groups excluding carboxylic acids is 1. The molecule has 0 aliphatic rings. The van der Waals surface area contributed by atoms with Gasteiger partial charge in [-0.25, -0.2) is 0 Å². The van der Waals surface area contributed by atoms with E-state index in [1.807, 2.05) is 24.3 Å². The van der Waals surface area contributed by atoms with Crippen LogP contribution < -0.4 is 15.8 Å². The van der Waals surface area contributed by atoms with Gasteiger partial charge in [0.05, 0.1) is 7.11 Å². The summed E-state index contributed by atoms with van der Waals surface area (Å²) < 4.78 is 5.09. The summed E-state index contributed by atoms with van der Waals surface area (Å²) in [5, 5.41) is 2.90. The van der Waals surface area contributed by atoms with Crippen molar-refractivity contribution in [2.24, 2.45) is 5.73 Å². The molecule has 0 bridgehead atoms. The minimum Gasteiger partial charge on any atom is -0.497 e. The number of hydrogen-bond donors (Lipinski definition) is 2. The molecule has 1 rings (SSSR count). The molecule has 1 unspecified atom stereocenters. The number of amides is 1. The molecule has 0 fully saturated rings. The second kappa shape index (κ2) is 8.53. The second-order valence-electron chi connectivity index (χ2n) is 4.70. The summed E-state index contributed by atoms with van der Waals surface area (Å²) in [6.07, 6.45) is 3.14. The van der Waals surface area contributed by atoms with E-state index >= 15 is 0 Å². The molecule has 4 heteroatoms. The van der Waals surface area contributed by atoms with E-state index < -0.39 is 0 Å². The zero-order chi connectivity index (χ0) is 14.1. The quantitative estimate of drug-likeness (QED) is 0.753. The van der Waals surface area contributed by atoms with Crippen LogP contribution >= 0.6 is 0 Å². The number of rotatable bonds is 8. The Hall–Kier alpha value is -1.55. The van der Waals surface area contributed by atoms with Crippen molar-refractivity contribution in [3.05, 3.63) is 29.8 Å². The summed E-state index contributed by atoms with van der Waals surface area (Å²) in [4.78, 5) is 11.6. The molecule has 0 aliphatic heterocycles. The summed E-state index contributed by atoms with van der Waals surface area (Å²) in [6, 6.07) is 7.84. The third-order valence-corrected chi connectivity index (χ3v) is 3.00. The van der Waals surface area contributed by atoms with E-state index in [-0.39, 0.29) is 11.9 Å². The number of benzene rings is 1. The van der Waals surface area contributed by atoms with Gasteiger partial charge in [0.25, 0.3) is 0 Å². The first kappa shape index (κ1) is 15.5. The average molecular weight is 264 g/mol. The zero-order valence-corrected chi connectivity index (χ0v) is 11.8. The molecule has 0 saturated carbocycles. The summed E-state index contributed by atoms with van der Waals surface area (Å²) in [5.41, 5.74) is 7.00. The lowest BCUT2D eigenvalue weighted by Gasteiger charge is -2.10. The minimum atomic E-state index is -0.0222. The summed E-state index contributed by atoms with van der Waals surface area (Å²) in [6.45, 7) is 2.71. The van der Waals surface area contributed by atoms with E-state index in [2.05, 4.69) is 12.2 Å². The lowest BCUT2D eigenvalue weighted by molar-refractivity contribution is -0.121. The van der Waals surface area contributed by atoms with Gasteiger partial charge in [0.15, 0.2) is 0 Å². The van der Waals surface area contributed by atoms with Gasteiger partial charge in [-0.1, -0.05) is 25.5 Å². The van der Waals surface area contributed by atoms with E-state index in [4.69, 9.17) is 10.5 Å². The fourth-order valence-electron chi connectivity index (χ4n) is 1.92. The number of ether oxygens (including phenoxy) is 1. The number of nitrogens with two attached hydrogens (primary N) is 1. The Bertz CT molecular complexity index is 376. The van der Waals surface area contributed by atoms with Gasteiger partial charge < -0.3 is 15.8 Å². The fraction of sp³-hybridized carbons (Fsp3) is 0.533. The third-order valence-electron chi connectivity index (χ3n) is 3.00. The van der Waals surface area contributed by atoms with Crippen LogP contribution in [0.25, 0.3) is 0 Å². The smallest absolute Gasteiger partial charge is 0.221 e. The number of carbonyl (C=O) groups is 1. The predicted octanol–water partition coefficient (Wildman–Crippen LogP) is 1.87. The van der Waals surface area contributed by atoms with E-state index in [9.17, 15) is 4.79 Å². The number of hydrogen-bond acceptors (Lipinski definition) is 3. The second-order valence-corrected chi connectivity index (χ2v) is 4.70. The van der Waals surface area contributed by atoms with Crippen LogP contribution in [0.2, 0.25) is 0 Å². The van der Waals surface area contributed by atoms with Crippen LogP contribution in [0.1, 0.15) is 31.7 Å². The Kier molecular flexibility index (Phi) is 6.97. The van der Waals surface area contributed by atoms with Crippen molar-refractivity contribution in [1.82, 2.24) is 5.32 Å². The van der Waals surface area contributed by atoms with Gasteiger partial charge in [0, 0.05) is 19.0 Å². The Morgan fingerprint density at radius 3 is 2.63 bits per heavy atom. The summed E-state index contributed by atoms with van der Waals surface area (Å²) in [5.74, 6) is 0.882. The number of methoxy groups -OCH3 is 1. The third kappa shape index (κ3) is 6.25. The van der Waals surface area contributed by atoms with Gasteiger partial charge in [0.2, 0.25) is 5.91 Å². The highest BCUT2D eigenvalue weighted by Gasteiger charge is 2.07. The van der Waals surface area contributed by atoms with Crippen molar-refractivity contribution in [3.8, 4) is 5.75 Å². The van der Waals surface area contributed by atoms with Crippen molar-refractivity contribution < 1.29 is 9.53 Å². The molecule has 1 amide bonds. The van der Waals surface area contributed by atoms with Crippen molar-refractivity contribution in [1.29, 1.82) is 0 Å². The standard InChI is InChI=1S/C15H24N2O2/c1-3-4-13(16)11-15(18)17-10-9-12-5-7-14(19-2)8-6-12/h5-8,13H,3-4,9-11,16H2,1-2H3,(H,17,18). The van der Waals surface area contributed by atoms with Gasteiger partial charge >= 0.3 is 0 Å². The maximum absolute atomic E-state index is 11.6. The zero-order valence-electron chi connectivity index (χ0n) is 11.8. The van der Waals surface area contributed by atoms with E-state index in [0.29, 0.717) is 13.0 Å². The van der Waals surface area contributed by atoms with Crippen LogP contribution in [0.3, 0.4) is 0 Å². The highest BCUT2D eigenvalue weighted by Crippen LogP contribution is 2.11. The molecule has 0 spiro atoms. The lowest BCUT2D eigenvalue weighted by Crippen LogP contribution is -2.32. The molecule has 1 aromatic rings. The Labute approximate surface area is 115 Å². The maximum atomic E-state index is 11.6. The molecule has 0 radical (unpaired) electrons. The molecule has 19 heavy (non-hydrogen) atoms. The molecule has 3 N–H and O–H groups in total. The van der Waals surface area contributed by atoms with E-state index in [1.165, 1.54) is 5.56 Å². The largest absolute Gasteiger partial charge is 0.497 e. The molecule has 1 atom stereocenters. The SMILES string of the molecule is CCCC(N)CC(=O)NCCc1ccc(OC)cc1. The van der Waals surface area contributed by atoms with Crippen molar-refractivity contribution in [2.75, 3.05) is 13.7 Å². The molecule has 4 nitrogen and oxygen atoms in total. The first-order valence-electron chi connectivity index (χ1n) is 6.81. The van der Waals surface area contributed by atoms with Crippen molar-refractivity contribution in [3.63, 3.8) is 0 Å². The Balaban J connectivity index is 2.23. The lowest BCUT2D eigenvalue weighted by atomic mass is 10.1. The monoisotopic (exact) mass is 264 g/mol. The normalized spacial score (nSPS) is 11.9. The maximum Gasteiger partial charge on any atom is 0.221 e. The topological polar surface area (TPSA) is 64.4 Å². The van der Waals surface area contributed by atoms with Crippen LogP contribution in [0, 0.1) is 0 Å². The van der Waals surface area contributed by atoms with Gasteiger partial charge in [-0.05, 0) is 30.5 Å². The molecule has 0 aromatic heterocycles. The Morgan fingerprint density at radius 2 is 2.05 bits per heavy atom. The first-order chi connectivity index (χ1) is 9.15. The predicted molar refractivity (Wildman–Crippen MR) is 77.2 cm³/mol. The molecule has 1 aromatic carbocycles. The highest BCUT2D eigenvalue weighted by atomic mass is 16.5. The average Bonchev–Trinajstić information content (AvgIpc) is 2.39. The first-order valence-corrected chi connectivity index (χ1v) is 6.81. The van der Waals surface area contributed by atoms with Gasteiger partial charge in [0.1, 0.15) is 5.75 Å². The van der Waals surface area contributed by atoms with Crippen LogP contribution in [0.4, 0.5) is 0 Å². The highest BCUT2D eigenvalue weighted by molar-refractivity contribution is 5.76. The molecular formula is C15H24N2O2. The van der Waals surface area contributed by atoms with Crippen molar-refractivity contribution in [2.45, 2.75) is 38.6 Å². The van der Waals surface area contributed by atoms with Crippen LogP contribution in [-0.4, -0.2) is 25.6 Å². The molecule has 0 aliphatic carbocycles. The molecule has 0 saturated heterocycles. The molecular weight excluding hydrogens is 240 g/mol.